The smallest absolute Gasteiger partial charge is 0.136 e. The first-order chi connectivity index (χ1) is 5.77. The largest absolute Gasteiger partial charge is 0.299 e. The van der Waals surface area contributed by atoms with E-state index in [4.69, 9.17) is 6.42 Å². The number of rotatable bonds is 2. The van der Waals surface area contributed by atoms with Gasteiger partial charge in [0.15, 0.2) is 0 Å². The van der Waals surface area contributed by atoms with Gasteiger partial charge in [-0.05, 0) is 18.8 Å². The van der Waals surface area contributed by atoms with E-state index < -0.39 is 0 Å². The van der Waals surface area contributed by atoms with Gasteiger partial charge in [-0.1, -0.05) is 13.3 Å². The van der Waals surface area contributed by atoms with Crippen LogP contribution in [0.2, 0.25) is 0 Å². The van der Waals surface area contributed by atoms with Crippen LogP contribution in [-0.2, 0) is 4.79 Å². The zero-order valence-electron chi connectivity index (χ0n) is 7.68. The third kappa shape index (κ3) is 2.11. The molecule has 0 heterocycles. The molecule has 0 saturated heterocycles. The molecule has 0 bridgehead atoms. The topological polar surface area (TPSA) is 17.1 Å². The Morgan fingerprint density at radius 1 is 1.67 bits per heavy atom. The number of carbonyl (C=O) groups is 1. The van der Waals surface area contributed by atoms with E-state index in [1.165, 1.54) is 6.42 Å². The molecule has 1 heteroatoms. The fourth-order valence-electron chi connectivity index (χ4n) is 1.91. The molecule has 1 rings (SSSR count). The number of hydrogen-bond acceptors (Lipinski definition) is 1. The molecule has 2 atom stereocenters. The normalized spacial score (nSPS) is 29.8. The highest BCUT2D eigenvalue weighted by molar-refractivity contribution is 5.82. The molecule has 2 unspecified atom stereocenters. The molecule has 0 amide bonds. The van der Waals surface area contributed by atoms with Gasteiger partial charge < -0.3 is 0 Å². The Balaban J connectivity index is 2.48. The van der Waals surface area contributed by atoms with Gasteiger partial charge in [-0.2, -0.15) is 0 Å². The average molecular weight is 164 g/mol. The van der Waals surface area contributed by atoms with Crippen LogP contribution >= 0.6 is 0 Å². The van der Waals surface area contributed by atoms with Gasteiger partial charge in [-0.25, -0.2) is 0 Å². The van der Waals surface area contributed by atoms with Gasteiger partial charge >= 0.3 is 0 Å². The third-order valence-electron chi connectivity index (χ3n) is 2.81. The molecular formula is C11H16O. The number of terminal acetylenes is 1. The summed E-state index contributed by atoms with van der Waals surface area (Å²) < 4.78 is 0. The summed E-state index contributed by atoms with van der Waals surface area (Å²) in [6.07, 6.45) is 9.91. The van der Waals surface area contributed by atoms with Crippen LogP contribution in [0.3, 0.4) is 0 Å². The van der Waals surface area contributed by atoms with Crippen molar-refractivity contribution in [3.05, 3.63) is 0 Å². The molecule has 0 spiro atoms. The minimum absolute atomic E-state index is 0.175. The second-order valence-corrected chi connectivity index (χ2v) is 3.62. The lowest BCUT2D eigenvalue weighted by atomic mass is 9.78. The van der Waals surface area contributed by atoms with Gasteiger partial charge in [0.2, 0.25) is 0 Å². The third-order valence-corrected chi connectivity index (χ3v) is 2.81. The Morgan fingerprint density at radius 3 is 3.00 bits per heavy atom. The Morgan fingerprint density at radius 2 is 2.42 bits per heavy atom. The van der Waals surface area contributed by atoms with Gasteiger partial charge in [-0.3, -0.25) is 4.79 Å². The molecular weight excluding hydrogens is 148 g/mol. The molecule has 0 aromatic rings. The van der Waals surface area contributed by atoms with Crippen molar-refractivity contribution in [3.8, 4) is 12.3 Å². The summed E-state index contributed by atoms with van der Waals surface area (Å²) in [7, 11) is 0. The van der Waals surface area contributed by atoms with Crippen molar-refractivity contribution < 1.29 is 4.79 Å². The van der Waals surface area contributed by atoms with Crippen molar-refractivity contribution in [1.82, 2.24) is 0 Å². The summed E-state index contributed by atoms with van der Waals surface area (Å²) in [5.41, 5.74) is 0. The van der Waals surface area contributed by atoms with Crippen molar-refractivity contribution in [1.29, 1.82) is 0 Å². The summed E-state index contributed by atoms with van der Waals surface area (Å²) in [5.74, 6) is 3.89. The zero-order chi connectivity index (χ0) is 8.97. The fraction of sp³-hybridized carbons (Fsp3) is 0.727. The maximum absolute atomic E-state index is 11.4. The van der Waals surface area contributed by atoms with Crippen LogP contribution in [0.1, 0.15) is 39.0 Å². The highest BCUT2D eigenvalue weighted by Crippen LogP contribution is 2.30. The van der Waals surface area contributed by atoms with E-state index in [0.717, 1.165) is 25.2 Å². The first kappa shape index (κ1) is 9.32. The molecule has 0 radical (unpaired) electrons. The number of Topliss-reactive ketones (excluding diaryl/α,β-unsaturated/α-hetero) is 1. The van der Waals surface area contributed by atoms with Gasteiger partial charge in [0.05, 0.1) is 0 Å². The van der Waals surface area contributed by atoms with Crippen LogP contribution in [0.15, 0.2) is 0 Å². The number of ketones is 1. The fourth-order valence-corrected chi connectivity index (χ4v) is 1.91. The second kappa shape index (κ2) is 4.30. The lowest BCUT2D eigenvalue weighted by Crippen LogP contribution is -2.24. The van der Waals surface area contributed by atoms with E-state index in [1.54, 1.807) is 0 Å². The Kier molecular flexibility index (Phi) is 3.34. The standard InChI is InChI=1S/C11H16O/c1-3-5-10-8-9(4-2)6-7-11(10)12/h1,9-10H,4-8H2,2H3. The minimum atomic E-state index is 0.175. The van der Waals surface area contributed by atoms with E-state index in [9.17, 15) is 4.79 Å². The molecule has 1 nitrogen and oxygen atoms in total. The summed E-state index contributed by atoms with van der Waals surface area (Å²) in [6, 6.07) is 0. The summed E-state index contributed by atoms with van der Waals surface area (Å²) >= 11 is 0. The van der Waals surface area contributed by atoms with E-state index in [0.29, 0.717) is 12.2 Å². The predicted octanol–water partition coefficient (Wildman–Crippen LogP) is 2.41. The van der Waals surface area contributed by atoms with Crippen LogP contribution in [0.5, 0.6) is 0 Å². The average Bonchev–Trinajstić information content (AvgIpc) is 2.09. The molecule has 0 aliphatic heterocycles. The van der Waals surface area contributed by atoms with Crippen molar-refractivity contribution in [2.75, 3.05) is 0 Å². The number of carbonyl (C=O) groups excluding carboxylic acids is 1. The molecule has 66 valence electrons. The van der Waals surface area contributed by atoms with E-state index in [1.807, 2.05) is 0 Å². The first-order valence-corrected chi connectivity index (χ1v) is 4.74. The Hall–Kier alpha value is -0.770. The van der Waals surface area contributed by atoms with Gasteiger partial charge in [0.1, 0.15) is 5.78 Å². The van der Waals surface area contributed by atoms with E-state index in [2.05, 4.69) is 12.8 Å². The Labute approximate surface area is 74.5 Å². The van der Waals surface area contributed by atoms with Crippen molar-refractivity contribution >= 4 is 5.78 Å². The molecule has 0 N–H and O–H groups in total. The summed E-state index contributed by atoms with van der Waals surface area (Å²) in [4.78, 5) is 11.4. The monoisotopic (exact) mass is 164 g/mol. The summed E-state index contributed by atoms with van der Waals surface area (Å²) in [6.45, 7) is 2.19. The SMILES string of the molecule is C#CCC1CC(CC)CCC1=O. The maximum Gasteiger partial charge on any atom is 0.136 e. The molecule has 1 saturated carbocycles. The van der Waals surface area contributed by atoms with Crippen LogP contribution in [0.25, 0.3) is 0 Å². The zero-order valence-corrected chi connectivity index (χ0v) is 7.68. The molecule has 1 aliphatic carbocycles. The summed E-state index contributed by atoms with van der Waals surface area (Å²) in [5, 5.41) is 0. The van der Waals surface area contributed by atoms with E-state index >= 15 is 0 Å². The minimum Gasteiger partial charge on any atom is -0.299 e. The van der Waals surface area contributed by atoms with E-state index in [-0.39, 0.29) is 5.92 Å². The van der Waals surface area contributed by atoms with Crippen LogP contribution in [0, 0.1) is 24.2 Å². The van der Waals surface area contributed by atoms with Crippen molar-refractivity contribution in [2.45, 2.75) is 39.0 Å². The molecule has 0 aromatic carbocycles. The predicted molar refractivity (Wildman–Crippen MR) is 49.6 cm³/mol. The van der Waals surface area contributed by atoms with Gasteiger partial charge in [0, 0.05) is 18.8 Å². The molecule has 1 fully saturated rings. The highest BCUT2D eigenvalue weighted by atomic mass is 16.1. The van der Waals surface area contributed by atoms with Crippen LogP contribution in [-0.4, -0.2) is 5.78 Å². The Bertz CT molecular complexity index is 200. The lowest BCUT2D eigenvalue weighted by molar-refractivity contribution is -0.125. The molecule has 0 aromatic heterocycles. The molecule has 1 aliphatic rings. The lowest BCUT2D eigenvalue weighted by Gasteiger charge is -2.25. The van der Waals surface area contributed by atoms with Crippen molar-refractivity contribution in [3.63, 3.8) is 0 Å². The highest BCUT2D eigenvalue weighted by Gasteiger charge is 2.26. The quantitative estimate of drug-likeness (QED) is 0.573. The van der Waals surface area contributed by atoms with Crippen LogP contribution < -0.4 is 0 Å². The van der Waals surface area contributed by atoms with Crippen LogP contribution in [0.4, 0.5) is 0 Å². The van der Waals surface area contributed by atoms with Gasteiger partial charge in [0.25, 0.3) is 0 Å². The number of hydrogen-bond donors (Lipinski definition) is 0. The van der Waals surface area contributed by atoms with Crippen molar-refractivity contribution in [2.24, 2.45) is 11.8 Å². The van der Waals surface area contributed by atoms with Gasteiger partial charge in [-0.15, -0.1) is 12.3 Å². The maximum atomic E-state index is 11.4. The second-order valence-electron chi connectivity index (χ2n) is 3.62. The molecule has 12 heavy (non-hydrogen) atoms. The first-order valence-electron chi connectivity index (χ1n) is 4.74.